The second-order valence-corrected chi connectivity index (χ2v) is 8.00. The van der Waals surface area contributed by atoms with Crippen LogP contribution in [0.15, 0.2) is 95.7 Å². The van der Waals surface area contributed by atoms with Crippen LogP contribution in [0, 0.1) is 0 Å². The highest BCUT2D eigenvalue weighted by Gasteiger charge is 2.38. The van der Waals surface area contributed by atoms with E-state index < -0.39 is 17.8 Å². The number of carbonyl (C=O) groups excluding carboxylic acids is 3. The van der Waals surface area contributed by atoms with E-state index in [0.717, 1.165) is 5.56 Å². The summed E-state index contributed by atoms with van der Waals surface area (Å²) in [6.45, 7) is 2.03. The number of methoxy groups -OCH3 is 2. The lowest BCUT2D eigenvalue weighted by Gasteiger charge is -2.18. The third kappa shape index (κ3) is 4.90. The van der Waals surface area contributed by atoms with E-state index in [-0.39, 0.29) is 11.1 Å². The van der Waals surface area contributed by atoms with Crippen LogP contribution in [0.2, 0.25) is 0 Å². The summed E-state index contributed by atoms with van der Waals surface area (Å²) >= 11 is 0. The first-order valence-electron chi connectivity index (χ1n) is 11.2. The number of rotatable bonds is 7. The Balaban J connectivity index is 1.71. The summed E-state index contributed by atoms with van der Waals surface area (Å²) in [5.74, 6) is -0.922. The molecule has 1 aliphatic rings. The molecule has 0 aliphatic carbocycles. The molecule has 4 rings (SSSR count). The Bertz CT molecular complexity index is 1360. The number of ether oxygens (including phenoxy) is 3. The largest absolute Gasteiger partial charge is 0.488 e. The van der Waals surface area contributed by atoms with Gasteiger partial charge in [-0.05, 0) is 48.9 Å². The Kier molecular flexibility index (Phi) is 7.30. The summed E-state index contributed by atoms with van der Waals surface area (Å²) in [6.07, 6.45) is 1.64. The number of allylic oxidation sites excluding steroid dienone is 1. The van der Waals surface area contributed by atoms with Crippen molar-refractivity contribution in [3.05, 3.63) is 112 Å². The van der Waals surface area contributed by atoms with E-state index in [9.17, 15) is 14.4 Å². The highest BCUT2D eigenvalue weighted by Crippen LogP contribution is 2.36. The molecule has 3 aromatic carbocycles. The Morgan fingerprint density at radius 1 is 0.833 bits per heavy atom. The molecule has 1 amide bonds. The van der Waals surface area contributed by atoms with Gasteiger partial charge in [0.2, 0.25) is 0 Å². The molecular formula is C29H25NO6. The minimum atomic E-state index is -0.622. The molecule has 7 heteroatoms. The summed E-state index contributed by atoms with van der Waals surface area (Å²) in [4.78, 5) is 39.5. The van der Waals surface area contributed by atoms with E-state index >= 15 is 0 Å². The lowest BCUT2D eigenvalue weighted by Crippen LogP contribution is -2.24. The van der Waals surface area contributed by atoms with Gasteiger partial charge in [-0.1, -0.05) is 48.5 Å². The summed E-state index contributed by atoms with van der Waals surface area (Å²) in [5.41, 5.74) is 3.28. The first-order chi connectivity index (χ1) is 17.4. The lowest BCUT2D eigenvalue weighted by atomic mass is 10.0. The van der Waals surface area contributed by atoms with E-state index in [1.165, 1.54) is 19.1 Å². The smallest absolute Gasteiger partial charge is 0.340 e. The van der Waals surface area contributed by atoms with E-state index in [4.69, 9.17) is 14.2 Å². The molecule has 0 saturated carbocycles. The molecule has 0 N–H and O–H groups in total. The molecular weight excluding hydrogens is 458 g/mol. The molecule has 0 spiro atoms. The van der Waals surface area contributed by atoms with Crippen LogP contribution in [0.5, 0.6) is 5.75 Å². The monoisotopic (exact) mass is 483 g/mol. The second-order valence-electron chi connectivity index (χ2n) is 8.00. The SMILES string of the molecule is COC(=O)C1=C(C)N(c2ccc(C(=O)OC)cc2)C(=O)/C1=C\c1ccccc1OCc1ccccc1. The Morgan fingerprint density at radius 3 is 2.14 bits per heavy atom. The Labute approximate surface area is 209 Å². The number of esters is 2. The van der Waals surface area contributed by atoms with Gasteiger partial charge in [0, 0.05) is 16.9 Å². The molecule has 182 valence electrons. The number of anilines is 1. The van der Waals surface area contributed by atoms with Gasteiger partial charge >= 0.3 is 11.9 Å². The van der Waals surface area contributed by atoms with Gasteiger partial charge in [0.25, 0.3) is 5.91 Å². The Morgan fingerprint density at radius 2 is 1.47 bits per heavy atom. The average Bonchev–Trinajstić information content (AvgIpc) is 3.16. The zero-order valence-corrected chi connectivity index (χ0v) is 20.2. The van der Waals surface area contributed by atoms with Crippen LogP contribution in [0.4, 0.5) is 5.69 Å². The van der Waals surface area contributed by atoms with Gasteiger partial charge in [-0.15, -0.1) is 0 Å². The molecule has 0 aromatic heterocycles. The molecule has 3 aromatic rings. The summed E-state index contributed by atoms with van der Waals surface area (Å²) in [7, 11) is 2.57. The van der Waals surface area contributed by atoms with Crippen LogP contribution in [0.1, 0.15) is 28.4 Å². The fraction of sp³-hybridized carbons (Fsp3) is 0.138. The van der Waals surface area contributed by atoms with Gasteiger partial charge in [0.15, 0.2) is 0 Å². The van der Waals surface area contributed by atoms with Crippen molar-refractivity contribution in [3.8, 4) is 5.75 Å². The van der Waals surface area contributed by atoms with Crippen LogP contribution in [0.3, 0.4) is 0 Å². The van der Waals surface area contributed by atoms with E-state index in [0.29, 0.717) is 34.9 Å². The number of hydrogen-bond donors (Lipinski definition) is 0. The second kappa shape index (κ2) is 10.7. The van der Waals surface area contributed by atoms with Crippen molar-refractivity contribution in [1.82, 2.24) is 0 Å². The van der Waals surface area contributed by atoms with Crippen molar-refractivity contribution >= 4 is 29.6 Å². The molecule has 36 heavy (non-hydrogen) atoms. The number of amides is 1. The number of hydrogen-bond acceptors (Lipinski definition) is 6. The molecule has 0 fully saturated rings. The number of nitrogens with zero attached hydrogens (tertiary/aromatic N) is 1. The van der Waals surface area contributed by atoms with Crippen LogP contribution >= 0.6 is 0 Å². The minimum absolute atomic E-state index is 0.164. The zero-order valence-electron chi connectivity index (χ0n) is 20.2. The molecule has 0 saturated heterocycles. The average molecular weight is 484 g/mol. The van der Waals surface area contributed by atoms with E-state index in [1.807, 2.05) is 54.6 Å². The highest BCUT2D eigenvalue weighted by atomic mass is 16.5. The maximum atomic E-state index is 13.6. The number of benzene rings is 3. The third-order valence-corrected chi connectivity index (χ3v) is 5.79. The van der Waals surface area contributed by atoms with Gasteiger partial charge in [-0.3, -0.25) is 9.69 Å². The predicted molar refractivity (Wildman–Crippen MR) is 135 cm³/mol. The van der Waals surface area contributed by atoms with Crippen molar-refractivity contribution in [3.63, 3.8) is 0 Å². The highest BCUT2D eigenvalue weighted by molar-refractivity contribution is 6.24. The number of carbonyl (C=O) groups is 3. The zero-order chi connectivity index (χ0) is 25.7. The first-order valence-corrected chi connectivity index (χ1v) is 11.2. The maximum Gasteiger partial charge on any atom is 0.340 e. The summed E-state index contributed by atoms with van der Waals surface area (Å²) in [5, 5.41) is 0. The normalized spacial score (nSPS) is 14.2. The summed E-state index contributed by atoms with van der Waals surface area (Å²) < 4.78 is 15.8. The predicted octanol–water partition coefficient (Wildman–Crippen LogP) is 4.93. The van der Waals surface area contributed by atoms with Crippen LogP contribution in [0.25, 0.3) is 6.08 Å². The van der Waals surface area contributed by atoms with E-state index in [2.05, 4.69) is 0 Å². The van der Waals surface area contributed by atoms with Crippen molar-refractivity contribution in [2.45, 2.75) is 13.5 Å². The molecule has 0 radical (unpaired) electrons. The van der Waals surface area contributed by atoms with Crippen molar-refractivity contribution in [2.75, 3.05) is 19.1 Å². The quantitative estimate of drug-likeness (QED) is 0.350. The van der Waals surface area contributed by atoms with Crippen LogP contribution in [-0.4, -0.2) is 32.1 Å². The van der Waals surface area contributed by atoms with Crippen LogP contribution < -0.4 is 9.64 Å². The van der Waals surface area contributed by atoms with Gasteiger partial charge in [0.05, 0.1) is 30.9 Å². The molecule has 0 bridgehead atoms. The van der Waals surface area contributed by atoms with Gasteiger partial charge in [0.1, 0.15) is 12.4 Å². The molecule has 7 nitrogen and oxygen atoms in total. The lowest BCUT2D eigenvalue weighted by molar-refractivity contribution is -0.136. The maximum absolute atomic E-state index is 13.6. The van der Waals surface area contributed by atoms with Gasteiger partial charge in [-0.25, -0.2) is 9.59 Å². The Hall–Kier alpha value is -4.65. The van der Waals surface area contributed by atoms with Crippen molar-refractivity contribution < 1.29 is 28.6 Å². The minimum Gasteiger partial charge on any atom is -0.488 e. The molecule has 1 aliphatic heterocycles. The summed E-state index contributed by atoms with van der Waals surface area (Å²) in [6, 6.07) is 23.4. The fourth-order valence-electron chi connectivity index (χ4n) is 3.98. The molecule has 0 atom stereocenters. The fourth-order valence-corrected chi connectivity index (χ4v) is 3.98. The molecule has 0 unspecified atom stereocenters. The van der Waals surface area contributed by atoms with Gasteiger partial charge in [-0.2, -0.15) is 0 Å². The third-order valence-electron chi connectivity index (χ3n) is 5.79. The van der Waals surface area contributed by atoms with Gasteiger partial charge < -0.3 is 14.2 Å². The molecule has 1 heterocycles. The van der Waals surface area contributed by atoms with Crippen LogP contribution in [-0.2, 0) is 25.7 Å². The number of para-hydroxylation sites is 1. The van der Waals surface area contributed by atoms with Crippen molar-refractivity contribution in [1.29, 1.82) is 0 Å². The topological polar surface area (TPSA) is 82.1 Å². The first kappa shape index (κ1) is 24.5. The standard InChI is InChI=1S/C29H25NO6/c1-19-26(29(33)35-3)24(27(31)30(19)23-15-13-21(14-16-23)28(32)34-2)17-22-11-7-8-12-25(22)36-18-20-9-5-4-6-10-20/h4-17H,18H2,1-3H3/b24-17-. The van der Waals surface area contributed by atoms with E-state index in [1.54, 1.807) is 37.3 Å². The van der Waals surface area contributed by atoms with Crippen molar-refractivity contribution in [2.24, 2.45) is 0 Å².